The van der Waals surface area contributed by atoms with Gasteiger partial charge in [0.05, 0.1) is 6.61 Å². The molecule has 0 spiro atoms. The summed E-state index contributed by atoms with van der Waals surface area (Å²) >= 11 is 0. The number of aliphatic hydroxyl groups is 3. The van der Waals surface area contributed by atoms with Crippen LogP contribution in [0.4, 0.5) is 5.82 Å². The Morgan fingerprint density at radius 3 is 2.67 bits per heavy atom. The number of ether oxygens (including phenoxy) is 1. The molecule has 1 fully saturated rings. The van der Waals surface area contributed by atoms with Crippen LogP contribution in [0.25, 0.3) is 0 Å². The molecule has 1 aliphatic rings. The molecule has 8 nitrogen and oxygen atoms in total. The van der Waals surface area contributed by atoms with Crippen LogP contribution in [0, 0.1) is 0 Å². The van der Waals surface area contributed by atoms with Crippen LogP contribution >= 0.6 is 0 Å². The predicted octanol–water partition coefficient (Wildman–Crippen LogP) is -2.72. The van der Waals surface area contributed by atoms with Crippen LogP contribution in [0.5, 0.6) is 0 Å². The summed E-state index contributed by atoms with van der Waals surface area (Å²) in [6.45, 7) is -0.453. The summed E-state index contributed by atoms with van der Waals surface area (Å²) in [6.07, 6.45) is -3.27. The molecule has 5 N–H and O–H groups in total. The van der Waals surface area contributed by atoms with Crippen molar-refractivity contribution < 1.29 is 22.9 Å². The smallest absolute Gasteiger partial charge is 1.00 e. The molecule has 0 bridgehead atoms. The maximum absolute atomic E-state index is 11.5. The summed E-state index contributed by atoms with van der Waals surface area (Å²) in [6, 6.07) is 1.37. The van der Waals surface area contributed by atoms with Gasteiger partial charge in [-0.05, 0) is 6.07 Å². The van der Waals surface area contributed by atoms with Crippen LogP contribution in [-0.4, -0.2) is 87.5 Å². The fraction of sp³-hybridized carbons (Fsp3) is 0.556. The van der Waals surface area contributed by atoms with Crippen molar-refractivity contribution in [2.24, 2.45) is 0 Å². The van der Waals surface area contributed by atoms with E-state index in [1.807, 2.05) is 0 Å². The Balaban J connectivity index is 0. The quantitative estimate of drug-likeness (QED) is 0.434. The molecule has 0 radical (unpaired) electrons. The average molecular weight is 285 g/mol. The molecule has 1 aromatic rings. The largest absolute Gasteiger partial charge is 2.00 e. The van der Waals surface area contributed by atoms with Gasteiger partial charge in [-0.25, -0.2) is 4.79 Å². The second-order valence-corrected chi connectivity index (χ2v) is 3.77. The summed E-state index contributed by atoms with van der Waals surface area (Å²) in [5.41, 5.74) is 4.63. The number of anilines is 1. The zero-order valence-electron chi connectivity index (χ0n) is 11.5. The number of rotatable bonds is 2. The van der Waals surface area contributed by atoms with E-state index in [1.165, 1.54) is 12.3 Å². The fourth-order valence-electron chi connectivity index (χ4n) is 1.73. The van der Waals surface area contributed by atoms with Crippen molar-refractivity contribution in [3.8, 4) is 0 Å². The molecular formula is C9H15CaN3O5. The van der Waals surface area contributed by atoms with E-state index in [4.69, 9.17) is 15.6 Å². The number of aliphatic hydroxyl groups excluding tert-OH is 3. The van der Waals surface area contributed by atoms with Crippen LogP contribution in [0.2, 0.25) is 0 Å². The molecule has 1 aromatic heterocycles. The SMILES string of the molecule is Nc1ccn([C@@H]2O[C@H](CO)[C@@H](O)[C@@H]2O)c(=O)n1.[Ca+2].[H-].[H-]. The Labute approximate surface area is 135 Å². The molecule has 0 aliphatic carbocycles. The standard InChI is InChI=1S/C9H13N3O5.Ca.2H/c10-5-1-2-12(9(16)11-5)8-7(15)6(14)4(3-13)17-8;;;/h1-2,4,6-8,13-15H,3H2,(H2,10,11,16);;;/q;+2;2*-1/t4-,6-,7+,8-;;;/m1.../s1. The number of hydrogen-bond acceptors (Lipinski definition) is 7. The minimum Gasteiger partial charge on any atom is -1.00 e. The van der Waals surface area contributed by atoms with Gasteiger partial charge in [-0.2, -0.15) is 4.98 Å². The van der Waals surface area contributed by atoms with E-state index in [-0.39, 0.29) is 46.4 Å². The van der Waals surface area contributed by atoms with Gasteiger partial charge < -0.3 is 28.6 Å². The van der Waals surface area contributed by atoms with Crippen LogP contribution < -0.4 is 11.4 Å². The minimum absolute atomic E-state index is 0. The number of hydrogen-bond donors (Lipinski definition) is 4. The Hall–Kier alpha value is -0.220. The van der Waals surface area contributed by atoms with Crippen molar-refractivity contribution >= 4 is 43.6 Å². The molecular weight excluding hydrogens is 270 g/mol. The maximum atomic E-state index is 11.5. The van der Waals surface area contributed by atoms with Crippen molar-refractivity contribution in [2.45, 2.75) is 24.5 Å². The monoisotopic (exact) mass is 285 g/mol. The molecule has 0 saturated carbocycles. The summed E-state index contributed by atoms with van der Waals surface area (Å²) in [5.74, 6) is 0.0537. The molecule has 1 saturated heterocycles. The van der Waals surface area contributed by atoms with Crippen molar-refractivity contribution in [1.29, 1.82) is 0 Å². The van der Waals surface area contributed by atoms with Gasteiger partial charge in [-0.1, -0.05) is 0 Å². The number of aromatic nitrogens is 2. The van der Waals surface area contributed by atoms with Gasteiger partial charge in [0.25, 0.3) is 0 Å². The van der Waals surface area contributed by atoms with Gasteiger partial charge in [0, 0.05) is 6.20 Å². The van der Waals surface area contributed by atoms with E-state index >= 15 is 0 Å². The maximum Gasteiger partial charge on any atom is 2.00 e. The summed E-state index contributed by atoms with van der Waals surface area (Å²) < 4.78 is 6.19. The Morgan fingerprint density at radius 1 is 1.50 bits per heavy atom. The molecule has 9 heteroatoms. The zero-order valence-corrected chi connectivity index (χ0v) is 11.7. The third-order valence-electron chi connectivity index (χ3n) is 2.64. The summed E-state index contributed by atoms with van der Waals surface area (Å²) in [7, 11) is 0. The van der Waals surface area contributed by atoms with E-state index in [1.54, 1.807) is 0 Å². The van der Waals surface area contributed by atoms with Crippen molar-refractivity contribution in [1.82, 2.24) is 9.55 Å². The van der Waals surface area contributed by atoms with Crippen molar-refractivity contribution in [2.75, 3.05) is 12.3 Å². The first-order valence-corrected chi connectivity index (χ1v) is 5.01. The Kier molecular flexibility index (Phi) is 5.53. The van der Waals surface area contributed by atoms with E-state index in [0.717, 1.165) is 4.57 Å². The first kappa shape index (κ1) is 15.8. The van der Waals surface area contributed by atoms with E-state index in [9.17, 15) is 15.0 Å². The molecule has 2 rings (SSSR count). The first-order chi connectivity index (χ1) is 8.04. The number of nitrogen functional groups attached to an aromatic ring is 1. The second kappa shape index (κ2) is 6.29. The molecule has 0 amide bonds. The summed E-state index contributed by atoms with van der Waals surface area (Å²) in [4.78, 5) is 15.0. The molecule has 0 aromatic carbocycles. The van der Waals surface area contributed by atoms with Gasteiger partial charge in [0.15, 0.2) is 6.23 Å². The van der Waals surface area contributed by atoms with Crippen LogP contribution in [0.3, 0.4) is 0 Å². The number of nitrogens with zero attached hydrogens (tertiary/aromatic N) is 2. The molecule has 1 aliphatic heterocycles. The third kappa shape index (κ3) is 2.85. The topological polar surface area (TPSA) is 131 Å². The van der Waals surface area contributed by atoms with E-state index in [0.29, 0.717) is 0 Å². The summed E-state index contributed by atoms with van der Waals surface area (Å²) in [5, 5.41) is 28.2. The molecule has 98 valence electrons. The molecule has 0 unspecified atom stereocenters. The van der Waals surface area contributed by atoms with E-state index in [2.05, 4.69) is 4.98 Å². The van der Waals surface area contributed by atoms with Gasteiger partial charge in [-0.3, -0.25) is 4.57 Å². The van der Waals surface area contributed by atoms with Crippen LogP contribution in [0.15, 0.2) is 17.1 Å². The first-order valence-electron chi connectivity index (χ1n) is 5.01. The van der Waals surface area contributed by atoms with Gasteiger partial charge in [0.1, 0.15) is 24.1 Å². The van der Waals surface area contributed by atoms with E-state index < -0.39 is 36.8 Å². The predicted molar refractivity (Wildman–Crippen MR) is 63.9 cm³/mol. The van der Waals surface area contributed by atoms with Gasteiger partial charge in [0.2, 0.25) is 0 Å². The molecule has 4 atom stereocenters. The van der Waals surface area contributed by atoms with Crippen LogP contribution in [0.1, 0.15) is 9.08 Å². The molecule has 2 heterocycles. The van der Waals surface area contributed by atoms with Crippen molar-refractivity contribution in [3.63, 3.8) is 0 Å². The van der Waals surface area contributed by atoms with Crippen molar-refractivity contribution in [3.05, 3.63) is 22.7 Å². The van der Waals surface area contributed by atoms with Gasteiger partial charge in [-0.15, -0.1) is 0 Å². The van der Waals surface area contributed by atoms with Gasteiger partial charge >= 0.3 is 43.4 Å². The zero-order chi connectivity index (χ0) is 12.6. The fourth-order valence-corrected chi connectivity index (χ4v) is 1.73. The normalized spacial score (nSPS) is 31.1. The molecule has 18 heavy (non-hydrogen) atoms. The minimum atomic E-state index is -1.31. The Bertz CT molecular complexity index is 477. The number of nitrogens with two attached hydrogens (primary N) is 1. The average Bonchev–Trinajstić information content (AvgIpc) is 2.57. The third-order valence-corrected chi connectivity index (χ3v) is 2.64. The Morgan fingerprint density at radius 2 is 2.17 bits per heavy atom. The van der Waals surface area contributed by atoms with Crippen LogP contribution in [-0.2, 0) is 4.74 Å². The second-order valence-electron chi connectivity index (χ2n) is 3.77.